The number of piperidine rings is 1. The molecule has 0 saturated carbocycles. The lowest BCUT2D eigenvalue weighted by Gasteiger charge is -2.33. The van der Waals surface area contributed by atoms with Gasteiger partial charge >= 0.3 is 5.97 Å². The van der Waals surface area contributed by atoms with Crippen LogP contribution in [0.15, 0.2) is 42.5 Å². The van der Waals surface area contributed by atoms with E-state index in [1.807, 2.05) is 0 Å². The average Bonchev–Trinajstić information content (AvgIpc) is 2.61. The van der Waals surface area contributed by atoms with Gasteiger partial charge in [0.2, 0.25) is 0 Å². The number of nitrogens with one attached hydrogen (secondary N) is 1. The summed E-state index contributed by atoms with van der Waals surface area (Å²) >= 11 is 5.91. The zero-order valence-corrected chi connectivity index (χ0v) is 15.3. The fraction of sp³-hybridized carbons (Fsp3) is 0.300. The summed E-state index contributed by atoms with van der Waals surface area (Å²) in [7, 11) is 0. The number of nitrogens with zero attached hydrogens (tertiary/aromatic N) is 1. The van der Waals surface area contributed by atoms with Crippen LogP contribution >= 0.6 is 11.6 Å². The molecule has 0 radical (unpaired) electrons. The topological polar surface area (TPSA) is 69.6 Å². The van der Waals surface area contributed by atoms with Gasteiger partial charge in [0, 0.05) is 29.4 Å². The number of halogens is 1. The standard InChI is InChI=1S/C20H21ClN2O3/c1-13-4-3-9-23(12-13)18-8-7-16(11-17(18)20(25)26)22-19(24)14-5-2-6-15(21)10-14/h2,5-8,10-11,13H,3-4,9,12H2,1H3,(H,22,24)(H,25,26)/t13-/m0/s1. The molecule has 2 aromatic rings. The maximum atomic E-state index is 12.3. The molecule has 136 valence electrons. The van der Waals surface area contributed by atoms with Crippen molar-refractivity contribution in [3.05, 3.63) is 58.6 Å². The first-order chi connectivity index (χ1) is 12.4. The summed E-state index contributed by atoms with van der Waals surface area (Å²) in [6, 6.07) is 11.6. The molecule has 2 N–H and O–H groups in total. The molecule has 1 heterocycles. The number of hydrogen-bond donors (Lipinski definition) is 2. The van der Waals surface area contributed by atoms with E-state index in [9.17, 15) is 14.7 Å². The van der Waals surface area contributed by atoms with Crippen molar-refractivity contribution in [2.24, 2.45) is 5.92 Å². The van der Waals surface area contributed by atoms with Gasteiger partial charge in [0.25, 0.3) is 5.91 Å². The molecule has 3 rings (SSSR count). The summed E-state index contributed by atoms with van der Waals surface area (Å²) in [5.74, 6) is -0.798. The number of hydrogen-bond acceptors (Lipinski definition) is 3. The van der Waals surface area contributed by atoms with Gasteiger partial charge in [-0.1, -0.05) is 24.6 Å². The summed E-state index contributed by atoms with van der Waals surface area (Å²) in [6.07, 6.45) is 2.21. The smallest absolute Gasteiger partial charge is 0.337 e. The molecule has 0 aliphatic carbocycles. The number of amides is 1. The van der Waals surface area contributed by atoms with Gasteiger partial charge in [-0.25, -0.2) is 4.79 Å². The second kappa shape index (κ2) is 7.79. The molecule has 2 aromatic carbocycles. The molecule has 6 heteroatoms. The summed E-state index contributed by atoms with van der Waals surface area (Å²) in [4.78, 5) is 26.2. The van der Waals surface area contributed by atoms with Gasteiger partial charge in [0.1, 0.15) is 0 Å². The van der Waals surface area contributed by atoms with Crippen LogP contribution in [0.4, 0.5) is 11.4 Å². The van der Waals surface area contributed by atoms with Gasteiger partial charge in [0.05, 0.1) is 11.3 Å². The van der Waals surface area contributed by atoms with Crippen molar-refractivity contribution >= 4 is 34.9 Å². The minimum atomic E-state index is -1.00. The van der Waals surface area contributed by atoms with E-state index in [4.69, 9.17) is 11.6 Å². The molecule has 0 spiro atoms. The maximum absolute atomic E-state index is 12.3. The zero-order chi connectivity index (χ0) is 18.7. The Labute approximate surface area is 157 Å². The van der Waals surface area contributed by atoms with Crippen LogP contribution in [0.1, 0.15) is 40.5 Å². The summed E-state index contributed by atoms with van der Waals surface area (Å²) in [5, 5.41) is 12.8. The fourth-order valence-electron chi connectivity index (χ4n) is 3.30. The van der Waals surface area contributed by atoms with E-state index in [0.29, 0.717) is 27.9 Å². The number of benzene rings is 2. The van der Waals surface area contributed by atoms with Gasteiger partial charge < -0.3 is 15.3 Å². The molecular weight excluding hydrogens is 352 g/mol. The highest BCUT2D eigenvalue weighted by Gasteiger charge is 2.22. The highest BCUT2D eigenvalue weighted by Crippen LogP contribution is 2.29. The van der Waals surface area contributed by atoms with Gasteiger partial charge in [-0.15, -0.1) is 0 Å². The molecule has 0 unspecified atom stereocenters. The van der Waals surface area contributed by atoms with E-state index < -0.39 is 5.97 Å². The van der Waals surface area contributed by atoms with Gasteiger partial charge in [-0.05, 0) is 55.2 Å². The highest BCUT2D eigenvalue weighted by atomic mass is 35.5. The molecule has 5 nitrogen and oxygen atoms in total. The van der Waals surface area contributed by atoms with Crippen LogP contribution in [0.2, 0.25) is 5.02 Å². The van der Waals surface area contributed by atoms with Crippen molar-refractivity contribution in [2.75, 3.05) is 23.3 Å². The molecule has 26 heavy (non-hydrogen) atoms. The van der Waals surface area contributed by atoms with Gasteiger partial charge in [-0.3, -0.25) is 4.79 Å². The minimum absolute atomic E-state index is 0.197. The van der Waals surface area contributed by atoms with Crippen molar-refractivity contribution in [1.29, 1.82) is 0 Å². The lowest BCUT2D eigenvalue weighted by molar-refractivity contribution is 0.0697. The Balaban J connectivity index is 1.84. The van der Waals surface area contributed by atoms with E-state index >= 15 is 0 Å². The van der Waals surface area contributed by atoms with Crippen LogP contribution in [-0.4, -0.2) is 30.1 Å². The molecule has 1 saturated heterocycles. The van der Waals surface area contributed by atoms with Crippen molar-refractivity contribution in [2.45, 2.75) is 19.8 Å². The Morgan fingerprint density at radius 1 is 1.23 bits per heavy atom. The van der Waals surface area contributed by atoms with Crippen LogP contribution in [0.3, 0.4) is 0 Å². The second-order valence-electron chi connectivity index (χ2n) is 6.69. The molecule has 0 bridgehead atoms. The predicted octanol–water partition coefficient (Wildman–Crippen LogP) is 4.53. The van der Waals surface area contributed by atoms with E-state index in [1.54, 1.807) is 36.4 Å². The lowest BCUT2D eigenvalue weighted by Crippen LogP contribution is -2.35. The van der Waals surface area contributed by atoms with Crippen molar-refractivity contribution in [3.8, 4) is 0 Å². The summed E-state index contributed by atoms with van der Waals surface area (Å²) < 4.78 is 0. The minimum Gasteiger partial charge on any atom is -0.478 e. The SMILES string of the molecule is C[C@H]1CCCN(c2ccc(NC(=O)c3cccc(Cl)c3)cc2C(=O)O)C1. The third-order valence-electron chi connectivity index (χ3n) is 4.57. The largest absolute Gasteiger partial charge is 0.478 e. The first-order valence-corrected chi connectivity index (χ1v) is 9.01. The number of carbonyl (C=O) groups excluding carboxylic acids is 1. The first-order valence-electron chi connectivity index (χ1n) is 8.63. The van der Waals surface area contributed by atoms with Gasteiger partial charge in [0.15, 0.2) is 0 Å². The molecule has 1 atom stereocenters. The van der Waals surface area contributed by atoms with Crippen LogP contribution < -0.4 is 10.2 Å². The van der Waals surface area contributed by atoms with Crippen LogP contribution in [-0.2, 0) is 0 Å². The Kier molecular flexibility index (Phi) is 5.47. The quantitative estimate of drug-likeness (QED) is 0.827. The molecule has 1 aliphatic heterocycles. The molecule has 0 aromatic heterocycles. The highest BCUT2D eigenvalue weighted by molar-refractivity contribution is 6.31. The first kappa shape index (κ1) is 18.3. The molecular formula is C20H21ClN2O3. The van der Waals surface area contributed by atoms with E-state index in [-0.39, 0.29) is 11.5 Å². The number of aromatic carboxylic acids is 1. The van der Waals surface area contributed by atoms with Crippen molar-refractivity contribution in [1.82, 2.24) is 0 Å². The van der Waals surface area contributed by atoms with E-state index in [0.717, 1.165) is 25.9 Å². The molecule has 1 amide bonds. The Morgan fingerprint density at radius 3 is 2.73 bits per heavy atom. The second-order valence-corrected chi connectivity index (χ2v) is 7.13. The monoisotopic (exact) mass is 372 g/mol. The third-order valence-corrected chi connectivity index (χ3v) is 4.80. The van der Waals surface area contributed by atoms with Crippen LogP contribution in [0.5, 0.6) is 0 Å². The lowest BCUT2D eigenvalue weighted by atomic mass is 9.98. The maximum Gasteiger partial charge on any atom is 0.337 e. The number of carbonyl (C=O) groups is 2. The Bertz CT molecular complexity index is 838. The Hall–Kier alpha value is -2.53. The summed E-state index contributed by atoms with van der Waals surface area (Å²) in [6.45, 7) is 3.86. The Morgan fingerprint density at radius 2 is 2.04 bits per heavy atom. The van der Waals surface area contributed by atoms with Crippen molar-refractivity contribution < 1.29 is 14.7 Å². The molecule has 1 aliphatic rings. The van der Waals surface area contributed by atoms with E-state index in [1.165, 1.54) is 6.07 Å². The van der Waals surface area contributed by atoms with Crippen LogP contribution in [0.25, 0.3) is 0 Å². The number of anilines is 2. The zero-order valence-electron chi connectivity index (χ0n) is 14.5. The van der Waals surface area contributed by atoms with Crippen LogP contribution in [0, 0.1) is 5.92 Å². The van der Waals surface area contributed by atoms with Crippen molar-refractivity contribution in [3.63, 3.8) is 0 Å². The molecule has 1 fully saturated rings. The summed E-state index contributed by atoms with van der Waals surface area (Å²) in [5.41, 5.74) is 1.76. The number of carboxylic acid groups (broad SMARTS) is 1. The van der Waals surface area contributed by atoms with Gasteiger partial charge in [-0.2, -0.15) is 0 Å². The average molecular weight is 373 g/mol. The number of carboxylic acids is 1. The third kappa shape index (κ3) is 4.17. The fourth-order valence-corrected chi connectivity index (χ4v) is 3.49. The van der Waals surface area contributed by atoms with E-state index in [2.05, 4.69) is 17.1 Å². The number of rotatable bonds is 4. The normalized spacial score (nSPS) is 17.0. The predicted molar refractivity (Wildman–Crippen MR) is 103 cm³/mol.